The number of nitrogens with one attached hydrogen (secondary N) is 1. The quantitative estimate of drug-likeness (QED) is 0.837. The van der Waals surface area contributed by atoms with Crippen molar-refractivity contribution in [3.63, 3.8) is 0 Å². The van der Waals surface area contributed by atoms with Gasteiger partial charge in [0.1, 0.15) is 0 Å². The highest BCUT2D eigenvalue weighted by atomic mass is 32.2. The maximum Gasteiger partial charge on any atom is 0.234 e. The summed E-state index contributed by atoms with van der Waals surface area (Å²) in [6.07, 6.45) is 0. The second-order valence-electron chi connectivity index (χ2n) is 5.20. The van der Waals surface area contributed by atoms with E-state index in [4.69, 9.17) is 0 Å². The van der Waals surface area contributed by atoms with E-state index in [1.807, 2.05) is 18.2 Å². The zero-order chi connectivity index (χ0) is 13.5. The standard InChI is InChI=1S/C15H23NOS/c1-11(2)9-18-10-15(17)16-14-8-6-5-7-13(14)12(3)4/h5-8,11-12H,9-10H2,1-4H3,(H,16,17). The van der Waals surface area contributed by atoms with Crippen molar-refractivity contribution in [1.29, 1.82) is 0 Å². The molecule has 0 heterocycles. The van der Waals surface area contributed by atoms with Gasteiger partial charge in [-0.2, -0.15) is 11.8 Å². The normalized spacial score (nSPS) is 11.0. The Morgan fingerprint density at radius 3 is 2.50 bits per heavy atom. The molecule has 0 aromatic heterocycles. The molecular formula is C15H23NOS. The van der Waals surface area contributed by atoms with E-state index in [0.29, 0.717) is 17.6 Å². The highest BCUT2D eigenvalue weighted by molar-refractivity contribution is 7.99. The molecule has 3 heteroatoms. The average Bonchev–Trinajstić information content (AvgIpc) is 2.28. The first-order valence-electron chi connectivity index (χ1n) is 6.47. The Bertz CT molecular complexity index is 388. The summed E-state index contributed by atoms with van der Waals surface area (Å²) in [6, 6.07) is 8.02. The number of hydrogen-bond donors (Lipinski definition) is 1. The summed E-state index contributed by atoms with van der Waals surface area (Å²) in [6.45, 7) is 8.61. The SMILES string of the molecule is CC(C)CSCC(=O)Nc1ccccc1C(C)C. The second-order valence-corrected chi connectivity index (χ2v) is 6.23. The molecule has 100 valence electrons. The molecular weight excluding hydrogens is 242 g/mol. The average molecular weight is 265 g/mol. The van der Waals surface area contributed by atoms with Crippen LogP contribution in [0.1, 0.15) is 39.2 Å². The molecule has 0 saturated carbocycles. The number of rotatable bonds is 6. The molecule has 0 aliphatic heterocycles. The predicted octanol–water partition coefficient (Wildman–Crippen LogP) is 4.14. The Morgan fingerprint density at radius 2 is 1.89 bits per heavy atom. The van der Waals surface area contributed by atoms with Crippen LogP contribution in [0.25, 0.3) is 0 Å². The van der Waals surface area contributed by atoms with E-state index in [-0.39, 0.29) is 5.91 Å². The van der Waals surface area contributed by atoms with Crippen LogP contribution in [-0.4, -0.2) is 17.4 Å². The van der Waals surface area contributed by atoms with Crippen LogP contribution < -0.4 is 5.32 Å². The number of carbonyl (C=O) groups excluding carboxylic acids is 1. The molecule has 1 amide bonds. The third-order valence-corrected chi connectivity index (χ3v) is 3.91. The van der Waals surface area contributed by atoms with Gasteiger partial charge in [0.25, 0.3) is 0 Å². The van der Waals surface area contributed by atoms with Gasteiger partial charge in [0.15, 0.2) is 0 Å². The van der Waals surface area contributed by atoms with Gasteiger partial charge in [-0.25, -0.2) is 0 Å². The first-order valence-corrected chi connectivity index (χ1v) is 7.62. The summed E-state index contributed by atoms with van der Waals surface area (Å²) < 4.78 is 0. The van der Waals surface area contributed by atoms with Gasteiger partial charge in [-0.3, -0.25) is 4.79 Å². The van der Waals surface area contributed by atoms with Crippen molar-refractivity contribution >= 4 is 23.4 Å². The van der Waals surface area contributed by atoms with Gasteiger partial charge in [0.2, 0.25) is 5.91 Å². The van der Waals surface area contributed by atoms with Crippen LogP contribution in [0, 0.1) is 5.92 Å². The van der Waals surface area contributed by atoms with Crippen LogP contribution in [0.5, 0.6) is 0 Å². The number of carbonyl (C=O) groups is 1. The molecule has 0 radical (unpaired) electrons. The Balaban J connectivity index is 2.54. The third-order valence-electron chi connectivity index (χ3n) is 2.54. The fraction of sp³-hybridized carbons (Fsp3) is 0.533. The highest BCUT2D eigenvalue weighted by Crippen LogP contribution is 2.23. The lowest BCUT2D eigenvalue weighted by atomic mass is 10.0. The van der Waals surface area contributed by atoms with Gasteiger partial charge in [-0.05, 0) is 29.2 Å². The predicted molar refractivity (Wildman–Crippen MR) is 81.3 cm³/mol. The molecule has 0 unspecified atom stereocenters. The fourth-order valence-corrected chi connectivity index (χ4v) is 2.53. The van der Waals surface area contributed by atoms with Gasteiger partial charge in [-0.15, -0.1) is 0 Å². The van der Waals surface area contributed by atoms with E-state index in [1.54, 1.807) is 11.8 Å². The van der Waals surface area contributed by atoms with Crippen molar-refractivity contribution in [3.05, 3.63) is 29.8 Å². The van der Waals surface area contributed by atoms with Crippen molar-refractivity contribution in [1.82, 2.24) is 0 Å². The number of para-hydroxylation sites is 1. The Hall–Kier alpha value is -0.960. The molecule has 0 bridgehead atoms. The third kappa shape index (κ3) is 5.13. The molecule has 1 aromatic rings. The number of amides is 1. The monoisotopic (exact) mass is 265 g/mol. The first-order chi connectivity index (χ1) is 8.50. The highest BCUT2D eigenvalue weighted by Gasteiger charge is 2.09. The largest absolute Gasteiger partial charge is 0.325 e. The smallest absolute Gasteiger partial charge is 0.234 e. The van der Waals surface area contributed by atoms with Crippen molar-refractivity contribution in [2.45, 2.75) is 33.6 Å². The van der Waals surface area contributed by atoms with E-state index < -0.39 is 0 Å². The van der Waals surface area contributed by atoms with Gasteiger partial charge < -0.3 is 5.32 Å². The lowest BCUT2D eigenvalue weighted by Crippen LogP contribution is -2.16. The van der Waals surface area contributed by atoms with Crippen molar-refractivity contribution in [2.24, 2.45) is 5.92 Å². The molecule has 2 nitrogen and oxygen atoms in total. The minimum atomic E-state index is 0.0914. The molecule has 1 rings (SSSR count). The summed E-state index contributed by atoms with van der Waals surface area (Å²) in [7, 11) is 0. The van der Waals surface area contributed by atoms with E-state index in [1.165, 1.54) is 5.56 Å². The van der Waals surface area contributed by atoms with Gasteiger partial charge in [0.05, 0.1) is 5.75 Å². The summed E-state index contributed by atoms with van der Waals surface area (Å²) in [4.78, 5) is 11.8. The van der Waals surface area contributed by atoms with Crippen LogP contribution >= 0.6 is 11.8 Å². The first kappa shape index (κ1) is 15.1. The van der Waals surface area contributed by atoms with Crippen LogP contribution in [0.4, 0.5) is 5.69 Å². The molecule has 0 aliphatic rings. The molecule has 1 aromatic carbocycles. The number of hydrogen-bond acceptors (Lipinski definition) is 2. The Kier molecular flexibility index (Phi) is 6.27. The Morgan fingerprint density at radius 1 is 1.22 bits per heavy atom. The van der Waals surface area contributed by atoms with E-state index in [0.717, 1.165) is 11.4 Å². The van der Waals surface area contributed by atoms with Crippen molar-refractivity contribution < 1.29 is 4.79 Å². The maximum atomic E-state index is 11.8. The van der Waals surface area contributed by atoms with Crippen LogP contribution in [0.3, 0.4) is 0 Å². The summed E-state index contributed by atoms with van der Waals surface area (Å²) in [5, 5.41) is 3.01. The van der Waals surface area contributed by atoms with E-state index >= 15 is 0 Å². The molecule has 0 spiro atoms. The van der Waals surface area contributed by atoms with Crippen molar-refractivity contribution in [3.8, 4) is 0 Å². The molecule has 0 aliphatic carbocycles. The summed E-state index contributed by atoms with van der Waals surface area (Å²) >= 11 is 1.69. The zero-order valence-corrected chi connectivity index (χ0v) is 12.5. The minimum Gasteiger partial charge on any atom is -0.325 e. The van der Waals surface area contributed by atoms with Gasteiger partial charge in [-0.1, -0.05) is 45.9 Å². The second kappa shape index (κ2) is 7.47. The Labute approximate surface area is 115 Å². The zero-order valence-electron chi connectivity index (χ0n) is 11.7. The topological polar surface area (TPSA) is 29.1 Å². The lowest BCUT2D eigenvalue weighted by molar-refractivity contribution is -0.113. The molecule has 0 saturated heterocycles. The number of thioether (sulfide) groups is 1. The van der Waals surface area contributed by atoms with E-state index in [2.05, 4.69) is 39.1 Å². The number of benzene rings is 1. The van der Waals surface area contributed by atoms with E-state index in [9.17, 15) is 4.79 Å². The van der Waals surface area contributed by atoms with Gasteiger partial charge >= 0.3 is 0 Å². The van der Waals surface area contributed by atoms with Crippen molar-refractivity contribution in [2.75, 3.05) is 16.8 Å². The van der Waals surface area contributed by atoms with Gasteiger partial charge in [0, 0.05) is 5.69 Å². The molecule has 0 atom stereocenters. The van der Waals surface area contributed by atoms with Crippen LogP contribution in [0.2, 0.25) is 0 Å². The lowest BCUT2D eigenvalue weighted by Gasteiger charge is -2.13. The van der Waals surface area contributed by atoms with Crippen LogP contribution in [-0.2, 0) is 4.79 Å². The summed E-state index contributed by atoms with van der Waals surface area (Å²) in [5.41, 5.74) is 2.14. The maximum absolute atomic E-state index is 11.8. The minimum absolute atomic E-state index is 0.0914. The molecule has 0 fully saturated rings. The molecule has 18 heavy (non-hydrogen) atoms. The summed E-state index contributed by atoms with van der Waals surface area (Å²) in [5.74, 6) is 2.70. The number of anilines is 1. The van der Waals surface area contributed by atoms with Crippen LogP contribution in [0.15, 0.2) is 24.3 Å². The fourth-order valence-electron chi connectivity index (χ4n) is 1.69. The molecule has 1 N–H and O–H groups in total.